The van der Waals surface area contributed by atoms with Crippen molar-refractivity contribution in [1.29, 1.82) is 0 Å². The molecule has 1 saturated carbocycles. The minimum atomic E-state index is -0.932. The van der Waals surface area contributed by atoms with Crippen LogP contribution in [0.1, 0.15) is 12.8 Å². The lowest BCUT2D eigenvalue weighted by Gasteiger charge is -2.20. The van der Waals surface area contributed by atoms with Crippen LogP contribution in [0.2, 0.25) is 0 Å². The number of hydrogen-bond donors (Lipinski definition) is 3. The summed E-state index contributed by atoms with van der Waals surface area (Å²) < 4.78 is 46.2. The fraction of sp³-hybridized carbons (Fsp3) is 0.385. The molecule has 2 atom stereocenters. The number of fused-ring (bicyclic) bond motifs is 1. The van der Waals surface area contributed by atoms with Gasteiger partial charge < -0.3 is 30.2 Å². The number of halogens is 2. The Balaban J connectivity index is 1.54. The van der Waals surface area contributed by atoms with Crippen LogP contribution in [0.5, 0.6) is 11.5 Å². The Morgan fingerprint density at radius 3 is 2.50 bits per heavy atom. The lowest BCUT2D eigenvalue weighted by atomic mass is 10.1. The maximum Gasteiger partial charge on any atom is 0.243 e. The summed E-state index contributed by atoms with van der Waals surface area (Å²) in [6, 6.07) is 2.41. The summed E-state index contributed by atoms with van der Waals surface area (Å²) in [6.45, 7) is 4.87. The SMILES string of the molecule is C=CC(=O)N[C@H]1COC[C@H]1Nc1cc2c(NCC3CC3)nc(-c3c(F)c(OC)cc(OC)c3F)nc2cn1. The van der Waals surface area contributed by atoms with E-state index in [2.05, 4.69) is 37.5 Å². The number of pyridine rings is 1. The van der Waals surface area contributed by atoms with Gasteiger partial charge in [0.25, 0.3) is 0 Å². The first-order valence-corrected chi connectivity index (χ1v) is 12.2. The number of ether oxygens (including phenoxy) is 3. The second-order valence-electron chi connectivity index (χ2n) is 9.20. The van der Waals surface area contributed by atoms with E-state index in [1.165, 1.54) is 26.5 Å². The van der Waals surface area contributed by atoms with Gasteiger partial charge in [-0.05, 0) is 30.9 Å². The van der Waals surface area contributed by atoms with Crippen molar-refractivity contribution in [2.75, 3.05) is 44.6 Å². The zero-order valence-corrected chi connectivity index (χ0v) is 21.0. The standard InChI is InChI=1S/C26H28F2N6O4/c1-4-21(35)32-17-12-38-11-16(17)31-20-7-14-15(10-29-20)33-26(34-25(14)30-9-13-5-6-13)22-23(27)18(36-2)8-19(37-3)24(22)28/h4,7-8,10,13,16-17H,1,5-6,9,11-12H2,2-3H3,(H,29,31)(H,32,35)(H,30,33,34)/t16-,17+/m1/s1. The Labute approximate surface area is 217 Å². The molecular formula is C26H28F2N6O4. The Morgan fingerprint density at radius 2 is 1.84 bits per heavy atom. The van der Waals surface area contributed by atoms with Gasteiger partial charge in [0.15, 0.2) is 29.0 Å². The van der Waals surface area contributed by atoms with Gasteiger partial charge in [-0.1, -0.05) is 6.58 Å². The van der Waals surface area contributed by atoms with E-state index >= 15 is 8.78 Å². The van der Waals surface area contributed by atoms with Crippen LogP contribution in [0.15, 0.2) is 31.0 Å². The molecule has 3 aromatic rings. The number of hydrogen-bond acceptors (Lipinski definition) is 9. The lowest BCUT2D eigenvalue weighted by Crippen LogP contribution is -2.45. The minimum absolute atomic E-state index is 0.165. The summed E-state index contributed by atoms with van der Waals surface area (Å²) in [6.07, 6.45) is 4.92. The van der Waals surface area contributed by atoms with Crippen molar-refractivity contribution in [3.8, 4) is 22.9 Å². The van der Waals surface area contributed by atoms with Gasteiger partial charge in [0, 0.05) is 18.0 Å². The number of aromatic nitrogens is 3. The molecular weight excluding hydrogens is 498 g/mol. The molecule has 38 heavy (non-hydrogen) atoms. The zero-order valence-electron chi connectivity index (χ0n) is 21.0. The summed E-state index contributed by atoms with van der Waals surface area (Å²) in [5, 5.41) is 10.1. The van der Waals surface area contributed by atoms with Crippen LogP contribution in [0.3, 0.4) is 0 Å². The average Bonchev–Trinajstić information content (AvgIpc) is 3.66. The van der Waals surface area contributed by atoms with Crippen molar-refractivity contribution >= 4 is 28.4 Å². The van der Waals surface area contributed by atoms with Crippen LogP contribution in [-0.2, 0) is 9.53 Å². The molecule has 2 aromatic heterocycles. The van der Waals surface area contributed by atoms with Crippen molar-refractivity contribution in [3.05, 3.63) is 42.6 Å². The third-order valence-electron chi connectivity index (χ3n) is 6.56. The van der Waals surface area contributed by atoms with E-state index in [0.29, 0.717) is 48.2 Å². The van der Waals surface area contributed by atoms with E-state index in [4.69, 9.17) is 14.2 Å². The molecule has 0 radical (unpaired) electrons. The normalized spacial score (nSPS) is 18.7. The smallest absolute Gasteiger partial charge is 0.243 e. The van der Waals surface area contributed by atoms with E-state index in [1.807, 2.05) is 0 Å². The maximum atomic E-state index is 15.2. The predicted octanol–water partition coefficient (Wildman–Crippen LogP) is 3.29. The molecule has 5 rings (SSSR count). The highest BCUT2D eigenvalue weighted by Crippen LogP contribution is 2.38. The predicted molar refractivity (Wildman–Crippen MR) is 137 cm³/mol. The fourth-order valence-corrected chi connectivity index (χ4v) is 4.27. The van der Waals surface area contributed by atoms with Crippen molar-refractivity contribution in [2.45, 2.75) is 24.9 Å². The molecule has 12 heteroatoms. The second-order valence-corrected chi connectivity index (χ2v) is 9.20. The van der Waals surface area contributed by atoms with Crippen LogP contribution in [0.4, 0.5) is 20.4 Å². The highest BCUT2D eigenvalue weighted by Gasteiger charge is 2.30. The molecule has 2 fully saturated rings. The summed E-state index contributed by atoms with van der Waals surface area (Å²) in [4.78, 5) is 25.2. The van der Waals surface area contributed by atoms with Gasteiger partial charge in [-0.3, -0.25) is 4.79 Å². The number of nitrogens with one attached hydrogen (secondary N) is 3. The van der Waals surface area contributed by atoms with E-state index in [1.54, 1.807) is 6.07 Å². The molecule has 1 saturated heterocycles. The first kappa shape index (κ1) is 25.6. The van der Waals surface area contributed by atoms with E-state index in [9.17, 15) is 4.79 Å². The molecule has 0 bridgehead atoms. The second kappa shape index (κ2) is 10.7. The number of carbonyl (C=O) groups is 1. The van der Waals surface area contributed by atoms with Crippen LogP contribution in [-0.4, -0.2) is 66.9 Å². The molecule has 1 aliphatic carbocycles. The zero-order chi connectivity index (χ0) is 26.8. The molecule has 3 N–H and O–H groups in total. The molecule has 1 aliphatic heterocycles. The van der Waals surface area contributed by atoms with Crippen molar-refractivity contribution in [2.24, 2.45) is 5.92 Å². The summed E-state index contributed by atoms with van der Waals surface area (Å²) >= 11 is 0. The molecule has 1 aromatic carbocycles. The highest BCUT2D eigenvalue weighted by molar-refractivity contribution is 5.92. The summed E-state index contributed by atoms with van der Waals surface area (Å²) in [7, 11) is 2.56. The first-order valence-electron chi connectivity index (χ1n) is 12.2. The van der Waals surface area contributed by atoms with Crippen LogP contribution in [0, 0.1) is 17.6 Å². The van der Waals surface area contributed by atoms with E-state index in [-0.39, 0.29) is 35.3 Å². The number of methoxy groups -OCH3 is 2. The van der Waals surface area contributed by atoms with Crippen molar-refractivity contribution in [1.82, 2.24) is 20.3 Å². The van der Waals surface area contributed by atoms with Crippen LogP contribution < -0.4 is 25.4 Å². The molecule has 0 spiro atoms. The van der Waals surface area contributed by atoms with Gasteiger partial charge in [0.1, 0.15) is 11.6 Å². The van der Waals surface area contributed by atoms with Gasteiger partial charge in [-0.15, -0.1) is 0 Å². The van der Waals surface area contributed by atoms with Gasteiger partial charge in [0.2, 0.25) is 5.91 Å². The number of benzene rings is 1. The molecule has 10 nitrogen and oxygen atoms in total. The molecule has 0 unspecified atom stereocenters. The Morgan fingerprint density at radius 1 is 1.13 bits per heavy atom. The third-order valence-corrected chi connectivity index (χ3v) is 6.56. The number of anilines is 2. The third kappa shape index (κ3) is 5.17. The summed E-state index contributed by atoms with van der Waals surface area (Å²) in [5.74, 6) is -1.26. The number of amides is 1. The van der Waals surface area contributed by atoms with Crippen LogP contribution in [0.25, 0.3) is 22.3 Å². The van der Waals surface area contributed by atoms with E-state index < -0.39 is 17.2 Å². The minimum Gasteiger partial charge on any atom is -0.494 e. The van der Waals surface area contributed by atoms with Crippen molar-refractivity contribution < 1.29 is 27.8 Å². The summed E-state index contributed by atoms with van der Waals surface area (Å²) in [5.41, 5.74) is -0.0673. The number of nitrogens with zero attached hydrogens (tertiary/aromatic N) is 3. The monoisotopic (exact) mass is 526 g/mol. The molecule has 3 heterocycles. The topological polar surface area (TPSA) is 120 Å². The molecule has 1 amide bonds. The quantitative estimate of drug-likeness (QED) is 0.342. The molecule has 200 valence electrons. The van der Waals surface area contributed by atoms with Gasteiger partial charge in [-0.25, -0.2) is 23.7 Å². The largest absolute Gasteiger partial charge is 0.494 e. The Bertz CT molecular complexity index is 1360. The highest BCUT2D eigenvalue weighted by atomic mass is 19.1. The number of carbonyl (C=O) groups excluding carboxylic acids is 1. The number of rotatable bonds is 10. The van der Waals surface area contributed by atoms with Crippen LogP contribution >= 0.6 is 0 Å². The molecule has 2 aliphatic rings. The van der Waals surface area contributed by atoms with Crippen molar-refractivity contribution in [3.63, 3.8) is 0 Å². The Kier molecular flexibility index (Phi) is 7.23. The first-order chi connectivity index (χ1) is 18.4. The van der Waals surface area contributed by atoms with Gasteiger partial charge in [-0.2, -0.15) is 0 Å². The van der Waals surface area contributed by atoms with E-state index in [0.717, 1.165) is 18.9 Å². The Hall–Kier alpha value is -4.06. The fourth-order valence-electron chi connectivity index (χ4n) is 4.27. The maximum absolute atomic E-state index is 15.2. The lowest BCUT2D eigenvalue weighted by molar-refractivity contribution is -0.117. The average molecular weight is 527 g/mol. The van der Waals surface area contributed by atoms with Gasteiger partial charge in [0.05, 0.1) is 56.8 Å². The van der Waals surface area contributed by atoms with Gasteiger partial charge >= 0.3 is 0 Å².